The minimum atomic E-state index is -0.867. The molecule has 0 aliphatic heterocycles. The summed E-state index contributed by atoms with van der Waals surface area (Å²) in [6, 6.07) is -0.642. The van der Waals surface area contributed by atoms with E-state index in [1.165, 1.54) is 173 Å². The van der Waals surface area contributed by atoms with E-state index in [0.717, 1.165) is 38.5 Å². The van der Waals surface area contributed by atoms with Gasteiger partial charge in [0.1, 0.15) is 0 Å². The Morgan fingerprint density at radius 2 is 0.780 bits per heavy atom. The van der Waals surface area contributed by atoms with E-state index in [1.54, 1.807) is 6.08 Å². The number of rotatable bonds is 40. The second-order valence-corrected chi connectivity index (χ2v) is 15.1. The van der Waals surface area contributed by atoms with Crippen molar-refractivity contribution in [2.24, 2.45) is 0 Å². The van der Waals surface area contributed by atoms with Crippen molar-refractivity contribution in [1.82, 2.24) is 5.32 Å². The van der Waals surface area contributed by atoms with Crippen LogP contribution in [0.25, 0.3) is 0 Å². The standard InChI is InChI=1S/C46H87NO3/c1-3-5-7-9-11-13-15-17-19-21-22-23-24-25-26-27-29-31-33-35-37-39-41-45(49)44(43-48)47-46(50)42-40-38-36-34-32-30-28-20-18-16-14-12-10-8-6-4-2/h25-26,31,33,39,41,44-45,48-49H,3-24,27-30,32,34-38,40,42-43H2,1-2H3,(H,47,50)/b26-25+,33-31+,41-39+. The lowest BCUT2D eigenvalue weighted by molar-refractivity contribution is -0.123. The Morgan fingerprint density at radius 1 is 0.460 bits per heavy atom. The average molecular weight is 702 g/mol. The molecule has 0 radical (unpaired) electrons. The number of carbonyl (C=O) groups is 1. The van der Waals surface area contributed by atoms with Crippen molar-refractivity contribution in [2.45, 2.75) is 244 Å². The van der Waals surface area contributed by atoms with Crippen LogP contribution in [0.5, 0.6) is 0 Å². The van der Waals surface area contributed by atoms with Crippen molar-refractivity contribution >= 4 is 5.91 Å². The van der Waals surface area contributed by atoms with Crippen LogP contribution in [-0.2, 0) is 4.79 Å². The SMILES string of the molecule is CCCCCCCCCCCCCC/C=C/CC/C=C/CC/C=C/C(O)C(CO)NC(=O)CCCCCCCCCCCCCCCCCC. The van der Waals surface area contributed by atoms with Gasteiger partial charge in [-0.2, -0.15) is 0 Å². The number of aliphatic hydroxyl groups is 2. The maximum Gasteiger partial charge on any atom is 0.220 e. The molecule has 2 atom stereocenters. The van der Waals surface area contributed by atoms with Crippen LogP contribution in [0.1, 0.15) is 232 Å². The number of aliphatic hydroxyl groups excluding tert-OH is 2. The molecule has 0 heterocycles. The molecule has 294 valence electrons. The predicted octanol–water partition coefficient (Wildman–Crippen LogP) is 13.8. The summed E-state index contributed by atoms with van der Waals surface area (Å²) in [4.78, 5) is 12.4. The zero-order valence-electron chi connectivity index (χ0n) is 33.7. The van der Waals surface area contributed by atoms with Gasteiger partial charge in [0.05, 0.1) is 18.8 Å². The first-order valence-corrected chi connectivity index (χ1v) is 22.2. The minimum Gasteiger partial charge on any atom is -0.394 e. The highest BCUT2D eigenvalue weighted by Gasteiger charge is 2.17. The van der Waals surface area contributed by atoms with E-state index in [9.17, 15) is 15.0 Å². The van der Waals surface area contributed by atoms with E-state index in [0.29, 0.717) is 6.42 Å². The second-order valence-electron chi connectivity index (χ2n) is 15.1. The minimum absolute atomic E-state index is 0.0760. The molecule has 2 unspecified atom stereocenters. The molecule has 0 rings (SSSR count). The molecular weight excluding hydrogens is 615 g/mol. The molecule has 0 fully saturated rings. The topological polar surface area (TPSA) is 69.6 Å². The van der Waals surface area contributed by atoms with Gasteiger partial charge in [-0.25, -0.2) is 0 Å². The van der Waals surface area contributed by atoms with E-state index >= 15 is 0 Å². The summed E-state index contributed by atoms with van der Waals surface area (Å²) in [5.41, 5.74) is 0. The Morgan fingerprint density at radius 3 is 1.16 bits per heavy atom. The number of nitrogens with one attached hydrogen (secondary N) is 1. The van der Waals surface area contributed by atoms with Crippen LogP contribution >= 0.6 is 0 Å². The zero-order valence-corrected chi connectivity index (χ0v) is 33.7. The summed E-state index contributed by atoms with van der Waals surface area (Å²) in [6.07, 6.45) is 55.4. The number of hydrogen-bond acceptors (Lipinski definition) is 3. The van der Waals surface area contributed by atoms with Gasteiger partial charge >= 0.3 is 0 Å². The quantitative estimate of drug-likeness (QED) is 0.0440. The monoisotopic (exact) mass is 702 g/mol. The van der Waals surface area contributed by atoms with Crippen molar-refractivity contribution in [3.63, 3.8) is 0 Å². The van der Waals surface area contributed by atoms with Crippen molar-refractivity contribution in [3.8, 4) is 0 Å². The fraction of sp³-hybridized carbons (Fsp3) is 0.848. The molecule has 4 heteroatoms. The summed E-state index contributed by atoms with van der Waals surface area (Å²) in [6.45, 7) is 4.30. The van der Waals surface area contributed by atoms with E-state index in [1.807, 2.05) is 6.08 Å². The van der Waals surface area contributed by atoms with Gasteiger partial charge < -0.3 is 15.5 Å². The smallest absolute Gasteiger partial charge is 0.220 e. The van der Waals surface area contributed by atoms with E-state index in [4.69, 9.17) is 0 Å². The van der Waals surface area contributed by atoms with Gasteiger partial charge in [-0.1, -0.05) is 217 Å². The molecule has 0 aliphatic carbocycles. The summed E-state index contributed by atoms with van der Waals surface area (Å²) < 4.78 is 0. The van der Waals surface area contributed by atoms with Gasteiger partial charge in [0.2, 0.25) is 5.91 Å². The van der Waals surface area contributed by atoms with Crippen LogP contribution in [0, 0.1) is 0 Å². The highest BCUT2D eigenvalue weighted by atomic mass is 16.3. The van der Waals surface area contributed by atoms with Crippen LogP contribution < -0.4 is 5.32 Å². The summed E-state index contributed by atoms with van der Waals surface area (Å²) in [7, 11) is 0. The molecular formula is C46H87NO3. The molecule has 0 saturated carbocycles. The Bertz CT molecular complexity index is 760. The molecule has 0 aromatic heterocycles. The highest BCUT2D eigenvalue weighted by Crippen LogP contribution is 2.15. The van der Waals surface area contributed by atoms with Crippen molar-refractivity contribution in [1.29, 1.82) is 0 Å². The number of hydrogen-bond donors (Lipinski definition) is 3. The number of carbonyl (C=O) groups excluding carboxylic acids is 1. The van der Waals surface area contributed by atoms with Crippen LogP contribution in [0.4, 0.5) is 0 Å². The van der Waals surface area contributed by atoms with Gasteiger partial charge in [-0.05, 0) is 44.9 Å². The molecule has 1 amide bonds. The molecule has 0 bridgehead atoms. The molecule has 0 aliphatic rings. The highest BCUT2D eigenvalue weighted by molar-refractivity contribution is 5.76. The summed E-state index contributed by atoms with van der Waals surface area (Å²) in [5.74, 6) is -0.0760. The third kappa shape index (κ3) is 37.9. The Kier molecular flexibility index (Phi) is 40.9. The molecule has 3 N–H and O–H groups in total. The number of unbranched alkanes of at least 4 members (excludes halogenated alkanes) is 29. The van der Waals surface area contributed by atoms with Gasteiger partial charge in [0.15, 0.2) is 0 Å². The lowest BCUT2D eigenvalue weighted by atomic mass is 10.0. The van der Waals surface area contributed by atoms with Crippen LogP contribution in [0.2, 0.25) is 0 Å². The molecule has 0 aromatic carbocycles. The molecule has 0 aromatic rings. The van der Waals surface area contributed by atoms with Gasteiger partial charge in [-0.15, -0.1) is 0 Å². The van der Waals surface area contributed by atoms with Crippen molar-refractivity contribution in [2.75, 3.05) is 6.61 Å². The molecule has 0 saturated heterocycles. The Hall–Kier alpha value is -1.39. The molecule has 50 heavy (non-hydrogen) atoms. The first kappa shape index (κ1) is 48.6. The first-order chi connectivity index (χ1) is 24.7. The van der Waals surface area contributed by atoms with Crippen molar-refractivity contribution < 1.29 is 15.0 Å². The summed E-state index contributed by atoms with van der Waals surface area (Å²) >= 11 is 0. The Balaban J connectivity index is 3.63. The first-order valence-electron chi connectivity index (χ1n) is 22.2. The predicted molar refractivity (Wildman–Crippen MR) is 221 cm³/mol. The van der Waals surface area contributed by atoms with Crippen LogP contribution in [0.3, 0.4) is 0 Å². The third-order valence-electron chi connectivity index (χ3n) is 10.1. The van der Waals surface area contributed by atoms with Crippen LogP contribution in [0.15, 0.2) is 36.5 Å². The van der Waals surface area contributed by atoms with Gasteiger partial charge in [-0.3, -0.25) is 4.79 Å². The normalized spacial score (nSPS) is 13.3. The fourth-order valence-electron chi connectivity index (χ4n) is 6.68. The number of allylic oxidation sites excluding steroid dienone is 5. The van der Waals surface area contributed by atoms with E-state index < -0.39 is 12.1 Å². The Labute approximate surface area is 312 Å². The van der Waals surface area contributed by atoms with E-state index in [2.05, 4.69) is 43.5 Å². The maximum atomic E-state index is 12.4. The average Bonchev–Trinajstić information content (AvgIpc) is 3.12. The van der Waals surface area contributed by atoms with Gasteiger partial charge in [0.25, 0.3) is 0 Å². The zero-order chi connectivity index (χ0) is 36.4. The van der Waals surface area contributed by atoms with Crippen LogP contribution in [-0.4, -0.2) is 34.9 Å². The maximum absolute atomic E-state index is 12.4. The largest absolute Gasteiger partial charge is 0.394 e. The third-order valence-corrected chi connectivity index (χ3v) is 10.1. The molecule has 4 nitrogen and oxygen atoms in total. The van der Waals surface area contributed by atoms with Crippen molar-refractivity contribution in [3.05, 3.63) is 36.5 Å². The summed E-state index contributed by atoms with van der Waals surface area (Å²) in [5, 5.41) is 23.0. The van der Waals surface area contributed by atoms with Gasteiger partial charge in [0, 0.05) is 6.42 Å². The lowest BCUT2D eigenvalue weighted by Gasteiger charge is -2.19. The second kappa shape index (κ2) is 42.0. The van der Waals surface area contributed by atoms with E-state index in [-0.39, 0.29) is 12.5 Å². The number of amides is 1. The fourth-order valence-corrected chi connectivity index (χ4v) is 6.68. The lowest BCUT2D eigenvalue weighted by Crippen LogP contribution is -2.45. The molecule has 0 spiro atoms.